The van der Waals surface area contributed by atoms with E-state index in [1.165, 1.54) is 0 Å². The molecule has 1 amide bonds. The zero-order chi connectivity index (χ0) is 20.9. The van der Waals surface area contributed by atoms with Crippen LogP contribution in [-0.4, -0.2) is 57.6 Å². The van der Waals surface area contributed by atoms with Crippen molar-refractivity contribution in [2.75, 3.05) is 32.3 Å². The van der Waals surface area contributed by atoms with E-state index in [2.05, 4.69) is 0 Å². The van der Waals surface area contributed by atoms with E-state index in [1.807, 2.05) is 24.3 Å². The maximum absolute atomic E-state index is 12.9. The standard InChI is InChI=1S/C21H25NO6S/c1-26-18-6-8-19(9-7-18)28-14-21(23)22(17-10-11-29(24,25)15-17)13-16-4-3-5-20(12-16)27-2/h3-9,12,17H,10-11,13-15H2,1-2H3/t17-/m0/s1. The molecule has 7 nitrogen and oxygen atoms in total. The SMILES string of the molecule is COc1ccc(OCC(=O)N(Cc2cccc(OC)c2)[C@H]2CCS(=O)(=O)C2)cc1. The van der Waals surface area contributed by atoms with Gasteiger partial charge < -0.3 is 19.1 Å². The largest absolute Gasteiger partial charge is 0.497 e. The number of benzene rings is 2. The third-order valence-corrected chi connectivity index (χ3v) is 6.63. The first-order chi connectivity index (χ1) is 13.9. The number of methoxy groups -OCH3 is 2. The Labute approximate surface area is 171 Å². The summed E-state index contributed by atoms with van der Waals surface area (Å²) in [6.45, 7) is 0.120. The van der Waals surface area contributed by atoms with Crippen molar-refractivity contribution < 1.29 is 27.4 Å². The second-order valence-electron chi connectivity index (χ2n) is 6.89. The predicted molar refractivity (Wildman–Crippen MR) is 109 cm³/mol. The van der Waals surface area contributed by atoms with Gasteiger partial charge in [0.25, 0.3) is 5.91 Å². The molecule has 1 fully saturated rings. The van der Waals surface area contributed by atoms with Crippen LogP contribution >= 0.6 is 0 Å². The van der Waals surface area contributed by atoms with Crippen LogP contribution in [-0.2, 0) is 21.2 Å². The zero-order valence-corrected chi connectivity index (χ0v) is 17.4. The molecule has 1 aliphatic rings. The average molecular weight is 419 g/mol. The van der Waals surface area contributed by atoms with Gasteiger partial charge in [0.1, 0.15) is 17.2 Å². The van der Waals surface area contributed by atoms with Crippen LogP contribution in [0.15, 0.2) is 48.5 Å². The molecule has 1 aliphatic heterocycles. The number of carbonyl (C=O) groups is 1. The lowest BCUT2D eigenvalue weighted by atomic mass is 10.1. The summed E-state index contributed by atoms with van der Waals surface area (Å²) in [6, 6.07) is 14.0. The highest BCUT2D eigenvalue weighted by Gasteiger charge is 2.34. The fourth-order valence-electron chi connectivity index (χ4n) is 3.31. The zero-order valence-electron chi connectivity index (χ0n) is 16.5. The van der Waals surface area contributed by atoms with Crippen LogP contribution in [0.25, 0.3) is 0 Å². The third-order valence-electron chi connectivity index (χ3n) is 4.88. The van der Waals surface area contributed by atoms with Crippen molar-refractivity contribution in [3.05, 3.63) is 54.1 Å². The van der Waals surface area contributed by atoms with Crippen molar-refractivity contribution in [2.24, 2.45) is 0 Å². The number of nitrogens with zero attached hydrogens (tertiary/aromatic N) is 1. The summed E-state index contributed by atoms with van der Waals surface area (Å²) < 4.78 is 39.9. The second-order valence-corrected chi connectivity index (χ2v) is 9.12. The van der Waals surface area contributed by atoms with E-state index in [-0.39, 0.29) is 30.1 Å². The molecule has 3 rings (SSSR count). The van der Waals surface area contributed by atoms with Crippen LogP contribution in [0.2, 0.25) is 0 Å². The van der Waals surface area contributed by atoms with E-state index in [0.717, 1.165) is 5.56 Å². The molecule has 0 spiro atoms. The average Bonchev–Trinajstić information content (AvgIpc) is 3.10. The number of carbonyl (C=O) groups excluding carboxylic acids is 1. The fourth-order valence-corrected chi connectivity index (χ4v) is 5.04. The van der Waals surface area contributed by atoms with Gasteiger partial charge in [0.05, 0.1) is 25.7 Å². The molecule has 8 heteroatoms. The van der Waals surface area contributed by atoms with Crippen LogP contribution in [0.3, 0.4) is 0 Å². The van der Waals surface area contributed by atoms with Crippen LogP contribution in [0.4, 0.5) is 0 Å². The maximum Gasteiger partial charge on any atom is 0.261 e. The summed E-state index contributed by atoms with van der Waals surface area (Å²) in [5.41, 5.74) is 0.867. The van der Waals surface area contributed by atoms with Crippen LogP contribution in [0.1, 0.15) is 12.0 Å². The normalized spacial score (nSPS) is 17.5. The highest BCUT2D eigenvalue weighted by molar-refractivity contribution is 7.91. The maximum atomic E-state index is 12.9. The lowest BCUT2D eigenvalue weighted by Crippen LogP contribution is -2.43. The van der Waals surface area contributed by atoms with E-state index >= 15 is 0 Å². The molecule has 1 atom stereocenters. The van der Waals surface area contributed by atoms with Gasteiger partial charge >= 0.3 is 0 Å². The van der Waals surface area contributed by atoms with Gasteiger partial charge in [-0.15, -0.1) is 0 Å². The second kappa shape index (κ2) is 9.17. The molecule has 0 saturated carbocycles. The third kappa shape index (κ3) is 5.63. The Morgan fingerprint density at radius 1 is 1.03 bits per heavy atom. The van der Waals surface area contributed by atoms with E-state index in [1.54, 1.807) is 43.4 Å². The quantitative estimate of drug-likeness (QED) is 0.653. The first kappa shape index (κ1) is 21.0. The van der Waals surface area contributed by atoms with E-state index in [0.29, 0.717) is 30.2 Å². The van der Waals surface area contributed by atoms with Crippen LogP contribution in [0.5, 0.6) is 17.2 Å². The summed E-state index contributed by atoms with van der Waals surface area (Å²) in [4.78, 5) is 14.5. The Bertz CT molecular complexity index is 942. The van der Waals surface area contributed by atoms with Gasteiger partial charge in [-0.3, -0.25) is 4.79 Å². The monoisotopic (exact) mass is 419 g/mol. The van der Waals surface area contributed by atoms with Crippen molar-refractivity contribution in [1.29, 1.82) is 0 Å². The lowest BCUT2D eigenvalue weighted by molar-refractivity contribution is -0.136. The Morgan fingerprint density at radius 3 is 2.34 bits per heavy atom. The number of amides is 1. The molecule has 1 heterocycles. The molecular weight excluding hydrogens is 394 g/mol. The van der Waals surface area contributed by atoms with E-state index < -0.39 is 9.84 Å². The highest BCUT2D eigenvalue weighted by Crippen LogP contribution is 2.23. The summed E-state index contributed by atoms with van der Waals surface area (Å²) in [6.07, 6.45) is 0.431. The van der Waals surface area contributed by atoms with Crippen molar-refractivity contribution in [3.8, 4) is 17.2 Å². The van der Waals surface area contributed by atoms with Gasteiger partial charge in [0, 0.05) is 12.6 Å². The summed E-state index contributed by atoms with van der Waals surface area (Å²) in [5.74, 6) is 1.73. The molecular formula is C21H25NO6S. The number of hydrogen-bond donors (Lipinski definition) is 0. The highest BCUT2D eigenvalue weighted by atomic mass is 32.2. The molecule has 0 aliphatic carbocycles. The van der Waals surface area contributed by atoms with Gasteiger partial charge in [-0.05, 0) is 48.4 Å². The minimum Gasteiger partial charge on any atom is -0.497 e. The van der Waals surface area contributed by atoms with E-state index in [4.69, 9.17) is 14.2 Å². The van der Waals surface area contributed by atoms with Gasteiger partial charge in [0.15, 0.2) is 16.4 Å². The molecule has 29 heavy (non-hydrogen) atoms. The minimum atomic E-state index is -3.13. The van der Waals surface area contributed by atoms with Gasteiger partial charge in [-0.25, -0.2) is 8.42 Å². The fraction of sp³-hybridized carbons (Fsp3) is 0.381. The summed E-state index contributed by atoms with van der Waals surface area (Å²) in [5, 5.41) is 0. The molecule has 2 aromatic carbocycles. The first-order valence-electron chi connectivity index (χ1n) is 9.30. The number of hydrogen-bond acceptors (Lipinski definition) is 6. The van der Waals surface area contributed by atoms with Crippen molar-refractivity contribution in [2.45, 2.75) is 19.0 Å². The Morgan fingerprint density at radius 2 is 1.72 bits per heavy atom. The Kier molecular flexibility index (Phi) is 6.64. The molecule has 0 unspecified atom stereocenters. The van der Waals surface area contributed by atoms with Crippen molar-refractivity contribution in [3.63, 3.8) is 0 Å². The molecule has 2 aromatic rings. The first-order valence-corrected chi connectivity index (χ1v) is 11.1. The van der Waals surface area contributed by atoms with Crippen LogP contribution < -0.4 is 14.2 Å². The van der Waals surface area contributed by atoms with E-state index in [9.17, 15) is 13.2 Å². The smallest absolute Gasteiger partial charge is 0.261 e. The Balaban J connectivity index is 1.73. The number of rotatable bonds is 8. The van der Waals surface area contributed by atoms with Crippen LogP contribution in [0, 0.1) is 0 Å². The number of ether oxygens (including phenoxy) is 3. The number of sulfone groups is 1. The molecule has 156 valence electrons. The summed E-state index contributed by atoms with van der Waals surface area (Å²) >= 11 is 0. The van der Waals surface area contributed by atoms with Crippen molar-refractivity contribution in [1.82, 2.24) is 4.90 Å². The Hall–Kier alpha value is -2.74. The molecule has 0 N–H and O–H groups in total. The van der Waals surface area contributed by atoms with Gasteiger partial charge in [-0.1, -0.05) is 12.1 Å². The lowest BCUT2D eigenvalue weighted by Gasteiger charge is -2.28. The van der Waals surface area contributed by atoms with Gasteiger partial charge in [-0.2, -0.15) is 0 Å². The molecule has 1 saturated heterocycles. The molecule has 0 aromatic heterocycles. The topological polar surface area (TPSA) is 82.1 Å². The van der Waals surface area contributed by atoms with Gasteiger partial charge in [0.2, 0.25) is 0 Å². The van der Waals surface area contributed by atoms with Crippen molar-refractivity contribution >= 4 is 15.7 Å². The minimum absolute atomic E-state index is 0.0226. The predicted octanol–water partition coefficient (Wildman–Crippen LogP) is 2.30. The summed E-state index contributed by atoms with van der Waals surface area (Å²) in [7, 11) is 0.0253. The molecule has 0 radical (unpaired) electrons. The molecule has 0 bridgehead atoms.